The van der Waals surface area contributed by atoms with Gasteiger partial charge in [-0.2, -0.15) is 0 Å². The summed E-state index contributed by atoms with van der Waals surface area (Å²) in [6.07, 6.45) is 2.88. The third-order valence-corrected chi connectivity index (χ3v) is 7.96. The highest BCUT2D eigenvalue weighted by molar-refractivity contribution is 8.14. The van der Waals surface area contributed by atoms with Gasteiger partial charge in [0.25, 0.3) is 0 Å². The van der Waals surface area contributed by atoms with Crippen LogP contribution in [0.25, 0.3) is 10.9 Å². The zero-order valence-corrected chi connectivity index (χ0v) is 19.9. The van der Waals surface area contributed by atoms with E-state index in [1.54, 1.807) is 30.8 Å². The lowest BCUT2D eigenvalue weighted by molar-refractivity contribution is -0.130. The van der Waals surface area contributed by atoms with Crippen molar-refractivity contribution in [3.63, 3.8) is 0 Å². The van der Waals surface area contributed by atoms with E-state index < -0.39 is 0 Å². The molecule has 33 heavy (non-hydrogen) atoms. The second kappa shape index (κ2) is 10.0. The first-order valence-electron chi connectivity index (χ1n) is 11.9. The maximum Gasteiger partial charge on any atom is 0.219 e. The van der Waals surface area contributed by atoms with E-state index in [0.29, 0.717) is 12.1 Å². The standard InChI is InChI=1S/C24H32FN5O2S/c1-16(31)30-8-6-29(7-9-30)5-2-20-15-33-24(27-20)22-13-17-12-18(25)14-21(23(17)28-22)26-19-3-10-32-11-4-19/h12-14,19-20,26,28H,2-11,15H2,1H3. The molecule has 2 fully saturated rings. The molecule has 2 aromatic rings. The molecule has 0 radical (unpaired) electrons. The average molecular weight is 474 g/mol. The Balaban J connectivity index is 1.23. The number of rotatable bonds is 6. The van der Waals surface area contributed by atoms with E-state index in [0.717, 1.165) is 98.3 Å². The number of halogens is 1. The van der Waals surface area contributed by atoms with Crippen molar-refractivity contribution in [2.24, 2.45) is 4.99 Å². The summed E-state index contributed by atoms with van der Waals surface area (Å²) in [4.78, 5) is 24.3. The van der Waals surface area contributed by atoms with Gasteiger partial charge in [-0.25, -0.2) is 4.39 Å². The van der Waals surface area contributed by atoms with Gasteiger partial charge in [0.2, 0.25) is 5.91 Å². The molecule has 3 aliphatic heterocycles. The largest absolute Gasteiger partial charge is 0.381 e. The number of benzene rings is 1. The van der Waals surface area contributed by atoms with Crippen molar-refractivity contribution in [3.05, 3.63) is 29.7 Å². The van der Waals surface area contributed by atoms with Gasteiger partial charge in [-0.3, -0.25) is 14.7 Å². The van der Waals surface area contributed by atoms with Crippen LogP contribution in [0.15, 0.2) is 23.2 Å². The molecule has 4 heterocycles. The number of aliphatic imine (C=N–C) groups is 1. The Kier molecular flexibility index (Phi) is 6.89. The van der Waals surface area contributed by atoms with Gasteiger partial charge in [-0.1, -0.05) is 0 Å². The third-order valence-electron chi connectivity index (χ3n) is 6.81. The summed E-state index contributed by atoms with van der Waals surface area (Å²) in [5.41, 5.74) is 2.72. The molecule has 9 heteroatoms. The fourth-order valence-corrected chi connectivity index (χ4v) is 5.91. The van der Waals surface area contributed by atoms with Crippen molar-refractivity contribution in [2.45, 2.75) is 38.3 Å². The van der Waals surface area contributed by atoms with Gasteiger partial charge < -0.3 is 19.9 Å². The molecule has 0 aliphatic carbocycles. The summed E-state index contributed by atoms with van der Waals surface area (Å²) >= 11 is 1.77. The summed E-state index contributed by atoms with van der Waals surface area (Å²) in [7, 11) is 0. The highest BCUT2D eigenvalue weighted by atomic mass is 32.2. The molecular weight excluding hydrogens is 441 g/mol. The highest BCUT2D eigenvalue weighted by Crippen LogP contribution is 2.31. The molecule has 0 saturated carbocycles. The molecule has 1 aromatic heterocycles. The number of H-pyrrole nitrogens is 1. The van der Waals surface area contributed by atoms with Crippen LogP contribution in [0.1, 0.15) is 31.9 Å². The van der Waals surface area contributed by atoms with Gasteiger partial charge >= 0.3 is 0 Å². The smallest absolute Gasteiger partial charge is 0.219 e. The number of fused-ring (bicyclic) bond motifs is 1. The second-order valence-corrected chi connectivity index (χ2v) is 10.2. The van der Waals surface area contributed by atoms with Gasteiger partial charge in [-0.05, 0) is 37.5 Å². The lowest BCUT2D eigenvalue weighted by Crippen LogP contribution is -2.48. The van der Waals surface area contributed by atoms with E-state index in [1.807, 2.05) is 11.0 Å². The first kappa shape index (κ1) is 22.7. The number of carbonyl (C=O) groups is 1. The van der Waals surface area contributed by atoms with Gasteiger partial charge in [0, 0.05) is 70.0 Å². The predicted octanol–water partition coefficient (Wildman–Crippen LogP) is 3.31. The average Bonchev–Trinajstić information content (AvgIpc) is 3.46. The number of piperazine rings is 1. The van der Waals surface area contributed by atoms with E-state index >= 15 is 0 Å². The molecule has 0 spiro atoms. The molecule has 178 valence electrons. The third kappa shape index (κ3) is 5.36. The fraction of sp³-hybridized carbons (Fsp3) is 0.583. The molecular formula is C24H32FN5O2S. The molecule has 1 amide bonds. The van der Waals surface area contributed by atoms with Crippen LogP contribution >= 0.6 is 11.8 Å². The first-order chi connectivity index (χ1) is 16.0. The van der Waals surface area contributed by atoms with Crippen molar-refractivity contribution in [1.29, 1.82) is 0 Å². The summed E-state index contributed by atoms with van der Waals surface area (Å²) in [5.74, 6) is 0.909. The number of hydrogen-bond donors (Lipinski definition) is 2. The first-order valence-corrected chi connectivity index (χ1v) is 12.9. The number of anilines is 1. The molecule has 2 N–H and O–H groups in total. The molecule has 7 nitrogen and oxygen atoms in total. The van der Waals surface area contributed by atoms with Gasteiger partial charge in [0.15, 0.2) is 0 Å². The van der Waals surface area contributed by atoms with Crippen molar-refractivity contribution in [2.75, 3.05) is 57.0 Å². The second-order valence-electron chi connectivity index (χ2n) is 9.17. The normalized spacial score (nSPS) is 22.7. The number of nitrogens with zero attached hydrogens (tertiary/aromatic N) is 3. The van der Waals surface area contributed by atoms with Crippen molar-refractivity contribution in [1.82, 2.24) is 14.8 Å². The van der Waals surface area contributed by atoms with Crippen LogP contribution in [0.5, 0.6) is 0 Å². The minimum Gasteiger partial charge on any atom is -0.381 e. The van der Waals surface area contributed by atoms with Crippen LogP contribution in [-0.2, 0) is 9.53 Å². The van der Waals surface area contributed by atoms with E-state index in [-0.39, 0.29) is 11.7 Å². The Morgan fingerprint density at radius 3 is 2.79 bits per heavy atom. The van der Waals surface area contributed by atoms with E-state index in [2.05, 4.69) is 15.2 Å². The molecule has 5 rings (SSSR count). The number of hydrogen-bond acceptors (Lipinski definition) is 6. The summed E-state index contributed by atoms with van der Waals surface area (Å²) < 4.78 is 19.7. The molecule has 2 saturated heterocycles. The Hall–Kier alpha value is -2.10. The van der Waals surface area contributed by atoms with Crippen LogP contribution in [0.2, 0.25) is 0 Å². The molecule has 1 unspecified atom stereocenters. The summed E-state index contributed by atoms with van der Waals surface area (Å²) in [6.45, 7) is 7.65. The minimum atomic E-state index is -0.230. The molecule has 3 aliphatic rings. The van der Waals surface area contributed by atoms with Crippen molar-refractivity contribution >= 4 is 39.3 Å². The highest BCUT2D eigenvalue weighted by Gasteiger charge is 2.24. The Bertz CT molecular complexity index is 1030. The molecule has 1 atom stereocenters. The zero-order chi connectivity index (χ0) is 22.8. The van der Waals surface area contributed by atoms with Crippen LogP contribution in [0.3, 0.4) is 0 Å². The number of ether oxygens (including phenoxy) is 1. The number of amides is 1. The van der Waals surface area contributed by atoms with Crippen LogP contribution in [-0.4, -0.2) is 89.5 Å². The number of nitrogens with one attached hydrogen (secondary N) is 2. The maximum absolute atomic E-state index is 14.3. The SMILES string of the molecule is CC(=O)N1CCN(CCC2CSC(c3cc4cc(F)cc(NC5CCOCC5)c4[nH]3)=N2)CC1. The monoisotopic (exact) mass is 473 g/mol. The fourth-order valence-electron chi connectivity index (χ4n) is 4.83. The van der Waals surface area contributed by atoms with Gasteiger partial charge in [0.1, 0.15) is 10.9 Å². The topological polar surface area (TPSA) is 73.0 Å². The van der Waals surface area contributed by atoms with Gasteiger partial charge in [0.05, 0.1) is 22.9 Å². The van der Waals surface area contributed by atoms with E-state index in [1.165, 1.54) is 0 Å². The lowest BCUT2D eigenvalue weighted by atomic mass is 10.1. The molecule has 0 bridgehead atoms. The van der Waals surface area contributed by atoms with E-state index in [4.69, 9.17) is 9.73 Å². The number of carbonyl (C=O) groups excluding carboxylic acids is 1. The predicted molar refractivity (Wildman–Crippen MR) is 132 cm³/mol. The van der Waals surface area contributed by atoms with Gasteiger partial charge in [-0.15, -0.1) is 11.8 Å². The Morgan fingerprint density at radius 2 is 2.03 bits per heavy atom. The summed E-state index contributed by atoms with van der Waals surface area (Å²) in [6, 6.07) is 5.77. The maximum atomic E-state index is 14.3. The van der Waals surface area contributed by atoms with Crippen LogP contribution in [0.4, 0.5) is 10.1 Å². The van der Waals surface area contributed by atoms with Crippen LogP contribution in [0, 0.1) is 5.82 Å². The Morgan fingerprint density at radius 1 is 1.24 bits per heavy atom. The molecule has 1 aromatic carbocycles. The van der Waals surface area contributed by atoms with Crippen LogP contribution < -0.4 is 5.32 Å². The lowest BCUT2D eigenvalue weighted by Gasteiger charge is -2.34. The number of aromatic amines is 1. The Labute approximate surface area is 198 Å². The summed E-state index contributed by atoms with van der Waals surface area (Å²) in [5, 5.41) is 5.40. The van der Waals surface area contributed by atoms with Crippen molar-refractivity contribution in [3.8, 4) is 0 Å². The number of thioether (sulfide) groups is 1. The minimum absolute atomic E-state index is 0.167. The zero-order valence-electron chi connectivity index (χ0n) is 19.1. The van der Waals surface area contributed by atoms with E-state index in [9.17, 15) is 9.18 Å². The number of aromatic nitrogens is 1. The van der Waals surface area contributed by atoms with Crippen molar-refractivity contribution < 1.29 is 13.9 Å². The quantitative estimate of drug-likeness (QED) is 0.674.